The summed E-state index contributed by atoms with van der Waals surface area (Å²) in [4.78, 5) is 15.0. The lowest BCUT2D eigenvalue weighted by atomic mass is 9.86. The van der Waals surface area contributed by atoms with Gasteiger partial charge in [0.05, 0.1) is 22.7 Å². The Morgan fingerprint density at radius 1 is 1.03 bits per heavy atom. The van der Waals surface area contributed by atoms with E-state index in [-0.39, 0.29) is 12.2 Å². The molecule has 0 fully saturated rings. The minimum absolute atomic E-state index is 0.166. The molecule has 0 atom stereocenters. The Hall–Kier alpha value is -2.23. The molecule has 7 heteroatoms. The van der Waals surface area contributed by atoms with Crippen molar-refractivity contribution in [3.8, 4) is 6.07 Å². The number of hydrogen-bond acceptors (Lipinski definition) is 3. The molecule has 0 radical (unpaired) electrons. The molecule has 1 aromatic carbocycles. The molecule has 0 heterocycles. The number of ketones is 1. The highest BCUT2D eigenvalue weighted by atomic mass is 19.4. The van der Waals surface area contributed by atoms with E-state index < -0.39 is 23.8 Å². The molecule has 0 N–H and O–H groups in total. The number of carbonyl (C=O) groups excluding carboxylic acids is 1. The second kappa shape index (κ2) is 13.3. The van der Waals surface area contributed by atoms with Gasteiger partial charge in [0.15, 0.2) is 0 Å². The Bertz CT molecular complexity index is 805. The molecule has 0 aromatic heterocycles. The first-order valence-electron chi connectivity index (χ1n) is 10.6. The van der Waals surface area contributed by atoms with Crippen LogP contribution in [0.25, 0.3) is 0 Å². The van der Waals surface area contributed by atoms with Crippen molar-refractivity contribution in [2.45, 2.75) is 94.7 Å². The van der Waals surface area contributed by atoms with Crippen LogP contribution in [0.15, 0.2) is 17.1 Å². The number of nitrogens with zero attached hydrogens (tertiary/aromatic N) is 2. The lowest BCUT2D eigenvalue weighted by molar-refractivity contribution is -0.213. The van der Waals surface area contributed by atoms with Crippen LogP contribution in [0, 0.1) is 34.9 Å². The number of alkyl halides is 3. The highest BCUT2D eigenvalue weighted by molar-refractivity contribution is 5.84. The maximum Gasteiger partial charge on any atom is 0.394 e. The standard InChI is InChI=1S/C12H13FN2.C8H13F3O.C5H12/c1-4-8(2)15-12-6-11(13)5-10(7-14)9(12)3;1-4-6(12)5-7(2,3)8(9,10)11;1-5(2,3)4/h5-6H,4H2,1-3H3;4-5H2,1-3H3;1-4H3. The monoisotopic (exact) mass is 458 g/mol. The maximum absolute atomic E-state index is 13.1. The number of halogens is 4. The van der Waals surface area contributed by atoms with Crippen molar-refractivity contribution in [3.05, 3.63) is 29.1 Å². The van der Waals surface area contributed by atoms with Crippen LogP contribution in [-0.2, 0) is 4.79 Å². The molecule has 0 aliphatic carbocycles. The van der Waals surface area contributed by atoms with Gasteiger partial charge in [-0.3, -0.25) is 9.79 Å². The third-order valence-corrected chi connectivity index (χ3v) is 4.09. The van der Waals surface area contributed by atoms with Crippen molar-refractivity contribution >= 4 is 17.2 Å². The van der Waals surface area contributed by atoms with E-state index in [1.54, 1.807) is 13.8 Å². The second-order valence-electron chi connectivity index (χ2n) is 9.86. The summed E-state index contributed by atoms with van der Waals surface area (Å²) in [7, 11) is 0. The zero-order valence-electron chi connectivity index (χ0n) is 21.1. The average Bonchev–Trinajstić information content (AvgIpc) is 2.62. The van der Waals surface area contributed by atoms with E-state index in [2.05, 4.69) is 32.7 Å². The van der Waals surface area contributed by atoms with Crippen molar-refractivity contribution in [1.29, 1.82) is 5.26 Å². The second-order valence-corrected chi connectivity index (χ2v) is 9.86. The fourth-order valence-electron chi connectivity index (χ4n) is 1.90. The summed E-state index contributed by atoms with van der Waals surface area (Å²) < 4.78 is 49.7. The predicted molar refractivity (Wildman–Crippen MR) is 124 cm³/mol. The molecule has 0 spiro atoms. The van der Waals surface area contributed by atoms with Crippen molar-refractivity contribution in [2.24, 2.45) is 15.8 Å². The first kappa shape index (κ1) is 32.0. The summed E-state index contributed by atoms with van der Waals surface area (Å²) in [5.41, 5.74) is 1.16. The lowest BCUT2D eigenvalue weighted by Gasteiger charge is -2.26. The van der Waals surface area contributed by atoms with Gasteiger partial charge in [-0.05, 0) is 43.4 Å². The summed E-state index contributed by atoms with van der Waals surface area (Å²) in [5, 5.41) is 8.79. The summed E-state index contributed by atoms with van der Waals surface area (Å²) in [5.74, 6) is -0.767. The zero-order valence-corrected chi connectivity index (χ0v) is 21.1. The van der Waals surface area contributed by atoms with Gasteiger partial charge in [0.25, 0.3) is 0 Å². The predicted octanol–water partition coefficient (Wildman–Crippen LogP) is 8.50. The van der Waals surface area contributed by atoms with Crippen LogP contribution >= 0.6 is 0 Å². The highest BCUT2D eigenvalue weighted by Gasteiger charge is 2.47. The van der Waals surface area contributed by atoms with Gasteiger partial charge in [0.2, 0.25) is 0 Å². The largest absolute Gasteiger partial charge is 0.394 e. The number of carbonyl (C=O) groups is 1. The van der Waals surface area contributed by atoms with Gasteiger partial charge in [-0.15, -0.1) is 0 Å². The van der Waals surface area contributed by atoms with Gasteiger partial charge in [0.1, 0.15) is 11.6 Å². The van der Waals surface area contributed by atoms with E-state index in [1.807, 2.05) is 19.9 Å². The molecule has 0 unspecified atom stereocenters. The molecule has 0 aliphatic rings. The van der Waals surface area contributed by atoms with Crippen LogP contribution < -0.4 is 0 Å². The maximum atomic E-state index is 13.1. The van der Waals surface area contributed by atoms with Gasteiger partial charge in [-0.1, -0.05) is 55.4 Å². The normalized spacial score (nSPS) is 12.1. The number of rotatable bonds is 5. The fourth-order valence-corrected chi connectivity index (χ4v) is 1.90. The minimum atomic E-state index is -4.29. The number of hydrogen-bond donors (Lipinski definition) is 0. The zero-order chi connectivity index (χ0) is 25.9. The van der Waals surface area contributed by atoms with Crippen LogP contribution in [0.1, 0.15) is 92.7 Å². The third-order valence-electron chi connectivity index (χ3n) is 4.09. The molecule has 182 valence electrons. The van der Waals surface area contributed by atoms with Crippen molar-refractivity contribution in [3.63, 3.8) is 0 Å². The molecular formula is C25H38F4N2O. The summed E-state index contributed by atoms with van der Waals surface area (Å²) in [6, 6.07) is 4.55. The van der Waals surface area contributed by atoms with Crippen molar-refractivity contribution in [2.75, 3.05) is 0 Å². The molecule has 32 heavy (non-hydrogen) atoms. The molecule has 0 bridgehead atoms. The first-order valence-corrected chi connectivity index (χ1v) is 10.6. The lowest BCUT2D eigenvalue weighted by Crippen LogP contribution is -2.34. The molecule has 1 rings (SSSR count). The van der Waals surface area contributed by atoms with Crippen molar-refractivity contribution < 1.29 is 22.4 Å². The average molecular weight is 459 g/mol. The Labute approximate surface area is 190 Å². The minimum Gasteiger partial charge on any atom is -0.300 e. The SMILES string of the molecule is CC(C)(C)C.CCC(=O)CC(C)(C)C(F)(F)F.CCC(C)=Nc1cc(F)cc(C#N)c1C. The van der Waals surface area contributed by atoms with Gasteiger partial charge in [-0.2, -0.15) is 18.4 Å². The molecule has 0 amide bonds. The van der Waals surface area contributed by atoms with E-state index in [0.29, 0.717) is 16.7 Å². The number of nitriles is 1. The van der Waals surface area contributed by atoms with Gasteiger partial charge >= 0.3 is 6.18 Å². The quantitative estimate of drug-likeness (QED) is 0.328. The number of Topliss-reactive ketones (excluding diaryl/α,β-unsaturated/α-hetero) is 1. The molecule has 0 saturated carbocycles. The van der Waals surface area contributed by atoms with Gasteiger partial charge < -0.3 is 0 Å². The topological polar surface area (TPSA) is 53.2 Å². The van der Waals surface area contributed by atoms with E-state index in [0.717, 1.165) is 31.5 Å². The third kappa shape index (κ3) is 14.0. The van der Waals surface area contributed by atoms with Crippen LogP contribution in [0.3, 0.4) is 0 Å². The van der Waals surface area contributed by atoms with E-state index >= 15 is 0 Å². The molecule has 3 nitrogen and oxygen atoms in total. The molecule has 0 aliphatic heterocycles. The Balaban J connectivity index is 0. The van der Waals surface area contributed by atoms with Crippen LogP contribution in [-0.4, -0.2) is 17.7 Å². The smallest absolute Gasteiger partial charge is 0.300 e. The summed E-state index contributed by atoms with van der Waals surface area (Å²) >= 11 is 0. The van der Waals surface area contributed by atoms with Gasteiger partial charge in [-0.25, -0.2) is 4.39 Å². The highest BCUT2D eigenvalue weighted by Crippen LogP contribution is 2.40. The molecule has 1 aromatic rings. The van der Waals surface area contributed by atoms with Crippen molar-refractivity contribution in [1.82, 2.24) is 0 Å². The summed E-state index contributed by atoms with van der Waals surface area (Å²) in [6.45, 7) is 18.0. The van der Waals surface area contributed by atoms with Gasteiger partial charge in [0, 0.05) is 18.6 Å². The van der Waals surface area contributed by atoms with E-state index in [9.17, 15) is 22.4 Å². The van der Waals surface area contributed by atoms with Crippen LogP contribution in [0.5, 0.6) is 0 Å². The summed E-state index contributed by atoms with van der Waals surface area (Å²) in [6.07, 6.45) is -3.73. The molecule has 0 saturated heterocycles. The number of benzene rings is 1. The fraction of sp³-hybridized carbons (Fsp3) is 0.640. The number of aliphatic imine (C=N–C) groups is 1. The Morgan fingerprint density at radius 3 is 1.84 bits per heavy atom. The first-order chi connectivity index (χ1) is 14.3. The van der Waals surface area contributed by atoms with E-state index in [1.165, 1.54) is 12.1 Å². The Kier molecular flexibility index (Phi) is 13.3. The van der Waals surface area contributed by atoms with Crippen LogP contribution in [0.2, 0.25) is 0 Å². The Morgan fingerprint density at radius 2 is 1.50 bits per heavy atom. The molecular weight excluding hydrogens is 420 g/mol. The van der Waals surface area contributed by atoms with Crippen LogP contribution in [0.4, 0.5) is 23.2 Å². The van der Waals surface area contributed by atoms with E-state index in [4.69, 9.17) is 5.26 Å².